The lowest BCUT2D eigenvalue weighted by Crippen LogP contribution is -1.94. The maximum atomic E-state index is 9.65. The first-order valence-corrected chi connectivity index (χ1v) is 6.39. The van der Waals surface area contributed by atoms with Crippen LogP contribution in [0.3, 0.4) is 0 Å². The third-order valence-electron chi connectivity index (χ3n) is 3.13. The summed E-state index contributed by atoms with van der Waals surface area (Å²) in [6.45, 7) is -0.104. The molecule has 102 valence electrons. The third kappa shape index (κ3) is 2.01. The lowest BCUT2D eigenvalue weighted by atomic mass is 10.1. The molecule has 3 rings (SSSR count). The van der Waals surface area contributed by atoms with Crippen LogP contribution in [0, 0.1) is 0 Å². The van der Waals surface area contributed by atoms with Crippen molar-refractivity contribution in [3.63, 3.8) is 0 Å². The highest BCUT2D eigenvalue weighted by atomic mass is 35.5. The Balaban J connectivity index is 2.29. The predicted octanol–water partition coefficient (Wildman–Crippen LogP) is 2.78. The lowest BCUT2D eigenvalue weighted by Gasteiger charge is -2.07. The molecule has 0 aliphatic heterocycles. The SMILES string of the molecule is COc1nc(Cl)ccc1-c1[nH]c2ncccc2c1CO. The van der Waals surface area contributed by atoms with Crippen LogP contribution in [0.5, 0.6) is 5.88 Å². The van der Waals surface area contributed by atoms with Crippen molar-refractivity contribution in [2.75, 3.05) is 7.11 Å². The molecule has 5 nitrogen and oxygen atoms in total. The minimum Gasteiger partial charge on any atom is -0.480 e. The van der Waals surface area contributed by atoms with Gasteiger partial charge in [0.2, 0.25) is 5.88 Å². The molecule has 20 heavy (non-hydrogen) atoms. The van der Waals surface area contributed by atoms with E-state index in [1.54, 1.807) is 18.3 Å². The highest BCUT2D eigenvalue weighted by molar-refractivity contribution is 6.29. The number of aliphatic hydroxyl groups excluding tert-OH is 1. The number of H-pyrrole nitrogens is 1. The van der Waals surface area contributed by atoms with E-state index in [4.69, 9.17) is 16.3 Å². The molecular formula is C14H12ClN3O2. The summed E-state index contributed by atoms with van der Waals surface area (Å²) in [5, 5.41) is 10.9. The minimum atomic E-state index is -0.104. The molecule has 3 aromatic heterocycles. The van der Waals surface area contributed by atoms with Crippen LogP contribution in [0.1, 0.15) is 5.56 Å². The van der Waals surface area contributed by atoms with E-state index in [-0.39, 0.29) is 6.61 Å². The van der Waals surface area contributed by atoms with Crippen molar-refractivity contribution in [3.8, 4) is 17.1 Å². The van der Waals surface area contributed by atoms with Gasteiger partial charge in [0.15, 0.2) is 0 Å². The molecule has 0 amide bonds. The van der Waals surface area contributed by atoms with E-state index in [1.807, 2.05) is 12.1 Å². The first kappa shape index (κ1) is 12.9. The van der Waals surface area contributed by atoms with E-state index in [0.717, 1.165) is 22.2 Å². The normalized spacial score (nSPS) is 10.9. The summed E-state index contributed by atoms with van der Waals surface area (Å²) in [7, 11) is 1.53. The largest absolute Gasteiger partial charge is 0.480 e. The smallest absolute Gasteiger partial charge is 0.224 e. The maximum Gasteiger partial charge on any atom is 0.224 e. The number of fused-ring (bicyclic) bond motifs is 1. The molecule has 0 radical (unpaired) electrons. The number of nitrogens with zero attached hydrogens (tertiary/aromatic N) is 2. The third-order valence-corrected chi connectivity index (χ3v) is 3.34. The van der Waals surface area contributed by atoms with Crippen LogP contribution >= 0.6 is 11.6 Å². The molecule has 0 saturated carbocycles. The van der Waals surface area contributed by atoms with Crippen molar-refractivity contribution in [2.45, 2.75) is 6.61 Å². The van der Waals surface area contributed by atoms with Crippen LogP contribution in [-0.4, -0.2) is 27.2 Å². The van der Waals surface area contributed by atoms with Gasteiger partial charge in [-0.15, -0.1) is 0 Å². The fourth-order valence-electron chi connectivity index (χ4n) is 2.23. The molecule has 0 aromatic carbocycles. The van der Waals surface area contributed by atoms with Crippen molar-refractivity contribution < 1.29 is 9.84 Å². The Labute approximate surface area is 120 Å². The van der Waals surface area contributed by atoms with Gasteiger partial charge in [0.1, 0.15) is 10.8 Å². The van der Waals surface area contributed by atoms with E-state index in [2.05, 4.69) is 15.0 Å². The van der Waals surface area contributed by atoms with Crippen LogP contribution in [0.4, 0.5) is 0 Å². The van der Waals surface area contributed by atoms with Crippen molar-refractivity contribution >= 4 is 22.6 Å². The van der Waals surface area contributed by atoms with Crippen LogP contribution in [0.2, 0.25) is 5.15 Å². The number of hydrogen-bond acceptors (Lipinski definition) is 4. The number of aliphatic hydroxyl groups is 1. The van der Waals surface area contributed by atoms with E-state index in [1.165, 1.54) is 7.11 Å². The highest BCUT2D eigenvalue weighted by Crippen LogP contribution is 2.34. The van der Waals surface area contributed by atoms with Crippen molar-refractivity contribution in [3.05, 3.63) is 41.2 Å². The zero-order valence-corrected chi connectivity index (χ0v) is 11.5. The summed E-state index contributed by atoms with van der Waals surface area (Å²) in [6.07, 6.45) is 1.70. The van der Waals surface area contributed by atoms with Crippen LogP contribution in [0.25, 0.3) is 22.3 Å². The van der Waals surface area contributed by atoms with Gasteiger partial charge in [-0.05, 0) is 24.3 Å². The van der Waals surface area contributed by atoms with Gasteiger partial charge in [-0.1, -0.05) is 11.6 Å². The van der Waals surface area contributed by atoms with Gasteiger partial charge in [-0.2, -0.15) is 0 Å². The molecule has 3 heterocycles. The maximum absolute atomic E-state index is 9.65. The quantitative estimate of drug-likeness (QED) is 0.727. The number of aromatic nitrogens is 3. The topological polar surface area (TPSA) is 71.0 Å². The number of methoxy groups -OCH3 is 1. The Morgan fingerprint density at radius 1 is 1.35 bits per heavy atom. The number of hydrogen-bond donors (Lipinski definition) is 2. The van der Waals surface area contributed by atoms with Gasteiger partial charge in [-0.3, -0.25) is 0 Å². The second kappa shape index (κ2) is 5.11. The Kier molecular flexibility index (Phi) is 3.30. The van der Waals surface area contributed by atoms with Crippen molar-refractivity contribution in [1.29, 1.82) is 0 Å². The summed E-state index contributed by atoms with van der Waals surface area (Å²) >= 11 is 5.87. The molecule has 0 bridgehead atoms. The number of rotatable bonds is 3. The zero-order chi connectivity index (χ0) is 14.1. The Morgan fingerprint density at radius 2 is 2.20 bits per heavy atom. The fraction of sp³-hybridized carbons (Fsp3) is 0.143. The number of ether oxygens (including phenoxy) is 1. The molecule has 0 unspecified atom stereocenters. The molecule has 0 spiro atoms. The summed E-state index contributed by atoms with van der Waals surface area (Å²) in [5.74, 6) is 0.402. The lowest BCUT2D eigenvalue weighted by molar-refractivity contribution is 0.284. The summed E-state index contributed by atoms with van der Waals surface area (Å²) < 4.78 is 5.26. The van der Waals surface area contributed by atoms with E-state index >= 15 is 0 Å². The summed E-state index contributed by atoms with van der Waals surface area (Å²) in [6, 6.07) is 7.22. The van der Waals surface area contributed by atoms with E-state index in [9.17, 15) is 5.11 Å². The average molecular weight is 290 g/mol. The first-order valence-electron chi connectivity index (χ1n) is 6.02. The number of aromatic amines is 1. The summed E-state index contributed by atoms with van der Waals surface area (Å²) in [5.41, 5.74) is 2.94. The average Bonchev–Trinajstić information content (AvgIpc) is 2.85. The van der Waals surface area contributed by atoms with Gasteiger partial charge in [-0.25, -0.2) is 9.97 Å². The standard InChI is InChI=1S/C14H12ClN3O2/c1-20-14-9(4-5-11(15)17-14)12-10(7-19)8-3-2-6-16-13(8)18-12/h2-6,19H,7H2,1H3,(H,16,18). The second-order valence-electron chi connectivity index (χ2n) is 4.23. The molecule has 0 fully saturated rings. The molecule has 0 saturated heterocycles. The van der Waals surface area contributed by atoms with Crippen molar-refractivity contribution in [2.24, 2.45) is 0 Å². The predicted molar refractivity (Wildman–Crippen MR) is 76.8 cm³/mol. The Hall–Kier alpha value is -2.11. The second-order valence-corrected chi connectivity index (χ2v) is 4.61. The fourth-order valence-corrected chi connectivity index (χ4v) is 2.37. The molecule has 0 atom stereocenters. The molecule has 6 heteroatoms. The number of pyridine rings is 2. The Morgan fingerprint density at radius 3 is 2.95 bits per heavy atom. The summed E-state index contributed by atoms with van der Waals surface area (Å²) in [4.78, 5) is 11.6. The van der Waals surface area contributed by atoms with E-state index in [0.29, 0.717) is 16.7 Å². The first-order chi connectivity index (χ1) is 9.74. The van der Waals surface area contributed by atoms with Crippen LogP contribution in [-0.2, 0) is 6.61 Å². The van der Waals surface area contributed by atoms with Gasteiger partial charge >= 0.3 is 0 Å². The molecule has 3 aromatic rings. The molecule has 0 aliphatic rings. The molecule has 0 aliphatic carbocycles. The number of nitrogens with one attached hydrogen (secondary N) is 1. The zero-order valence-electron chi connectivity index (χ0n) is 10.7. The van der Waals surface area contributed by atoms with Crippen LogP contribution < -0.4 is 4.74 Å². The minimum absolute atomic E-state index is 0.104. The Bertz CT molecular complexity index is 770. The van der Waals surface area contributed by atoms with Gasteiger partial charge in [0.25, 0.3) is 0 Å². The van der Waals surface area contributed by atoms with Gasteiger partial charge in [0.05, 0.1) is 25.0 Å². The monoisotopic (exact) mass is 289 g/mol. The molecule has 2 N–H and O–H groups in total. The van der Waals surface area contributed by atoms with E-state index < -0.39 is 0 Å². The number of halogens is 1. The highest BCUT2D eigenvalue weighted by Gasteiger charge is 2.17. The van der Waals surface area contributed by atoms with Crippen molar-refractivity contribution in [1.82, 2.24) is 15.0 Å². The van der Waals surface area contributed by atoms with Gasteiger partial charge < -0.3 is 14.8 Å². The van der Waals surface area contributed by atoms with Gasteiger partial charge in [0, 0.05) is 17.1 Å². The molecular weight excluding hydrogens is 278 g/mol. The van der Waals surface area contributed by atoms with Crippen LogP contribution in [0.15, 0.2) is 30.5 Å².